The van der Waals surface area contributed by atoms with E-state index in [-0.39, 0.29) is 24.1 Å². The van der Waals surface area contributed by atoms with Crippen LogP contribution in [0.15, 0.2) is 18.2 Å². The van der Waals surface area contributed by atoms with Crippen LogP contribution >= 0.6 is 0 Å². The van der Waals surface area contributed by atoms with Crippen molar-refractivity contribution in [3.8, 4) is 0 Å². The van der Waals surface area contributed by atoms with Crippen LogP contribution < -0.4 is 11.1 Å². The summed E-state index contributed by atoms with van der Waals surface area (Å²) in [5, 5.41) is 12.1. The fourth-order valence-electron chi connectivity index (χ4n) is 2.58. The van der Waals surface area contributed by atoms with Gasteiger partial charge in [0.25, 0.3) is 5.91 Å². The van der Waals surface area contributed by atoms with E-state index >= 15 is 0 Å². The number of nitrogen functional groups attached to an aromatic ring is 1. The van der Waals surface area contributed by atoms with Crippen molar-refractivity contribution in [1.29, 1.82) is 0 Å². The molecule has 2 rings (SSSR count). The molecule has 2 atom stereocenters. The van der Waals surface area contributed by atoms with Crippen molar-refractivity contribution in [1.82, 2.24) is 5.32 Å². The van der Waals surface area contributed by atoms with Crippen molar-refractivity contribution in [3.05, 3.63) is 29.6 Å². The average Bonchev–Trinajstić information content (AvgIpc) is 2.39. The highest BCUT2D eigenvalue weighted by Crippen LogP contribution is 2.24. The number of halogens is 1. The van der Waals surface area contributed by atoms with Crippen LogP contribution in [0.3, 0.4) is 0 Å². The summed E-state index contributed by atoms with van der Waals surface area (Å²) in [5.74, 6) is -0.994. The maximum Gasteiger partial charge on any atom is 0.254 e. The molecule has 4 nitrogen and oxygen atoms in total. The number of hydrogen-bond donors (Lipinski definition) is 3. The van der Waals surface area contributed by atoms with E-state index in [0.29, 0.717) is 5.69 Å². The van der Waals surface area contributed by atoms with Gasteiger partial charge in [-0.15, -0.1) is 0 Å². The van der Waals surface area contributed by atoms with Gasteiger partial charge in [0.2, 0.25) is 0 Å². The van der Waals surface area contributed by atoms with E-state index in [1.165, 1.54) is 12.1 Å². The summed E-state index contributed by atoms with van der Waals surface area (Å²) in [6, 6.07) is 3.95. The molecule has 0 heterocycles. The summed E-state index contributed by atoms with van der Waals surface area (Å²) in [7, 11) is 0. The van der Waals surface area contributed by atoms with Crippen molar-refractivity contribution in [2.24, 2.45) is 5.92 Å². The minimum Gasteiger partial charge on any atom is -0.399 e. The smallest absolute Gasteiger partial charge is 0.254 e. The van der Waals surface area contributed by atoms with E-state index in [1.54, 1.807) is 0 Å². The van der Waals surface area contributed by atoms with Gasteiger partial charge in [-0.3, -0.25) is 4.79 Å². The molecule has 0 radical (unpaired) electrons. The molecule has 1 aliphatic rings. The standard InChI is InChI=1S/C14H19FN2O2/c15-12-7-10(16)5-6-11(12)14(19)17-13-4-2-1-3-9(13)8-18/h5-7,9,13,18H,1-4,8,16H2,(H,17,19). The summed E-state index contributed by atoms with van der Waals surface area (Å²) in [4.78, 5) is 12.0. The molecule has 0 spiro atoms. The highest BCUT2D eigenvalue weighted by Gasteiger charge is 2.26. The van der Waals surface area contributed by atoms with Gasteiger partial charge in [-0.2, -0.15) is 0 Å². The first-order chi connectivity index (χ1) is 9.11. The zero-order valence-corrected chi connectivity index (χ0v) is 10.7. The molecule has 5 heteroatoms. The maximum absolute atomic E-state index is 13.6. The Kier molecular flexibility index (Phi) is 4.37. The molecular formula is C14H19FN2O2. The first-order valence-electron chi connectivity index (χ1n) is 6.58. The molecule has 1 saturated carbocycles. The summed E-state index contributed by atoms with van der Waals surface area (Å²) < 4.78 is 13.6. The molecule has 104 valence electrons. The van der Waals surface area contributed by atoms with E-state index < -0.39 is 11.7 Å². The number of rotatable bonds is 3. The Labute approximate surface area is 111 Å². The zero-order chi connectivity index (χ0) is 13.8. The van der Waals surface area contributed by atoms with E-state index in [9.17, 15) is 14.3 Å². The summed E-state index contributed by atoms with van der Waals surface area (Å²) >= 11 is 0. The lowest BCUT2D eigenvalue weighted by Gasteiger charge is -2.30. The van der Waals surface area contributed by atoms with Crippen LogP contribution in [-0.4, -0.2) is 23.7 Å². The maximum atomic E-state index is 13.6. The molecule has 2 unspecified atom stereocenters. The van der Waals surface area contributed by atoms with E-state index in [4.69, 9.17) is 5.73 Å². The molecule has 19 heavy (non-hydrogen) atoms. The number of amides is 1. The van der Waals surface area contributed by atoms with Crippen LogP contribution in [0.4, 0.5) is 10.1 Å². The Balaban J connectivity index is 2.07. The van der Waals surface area contributed by atoms with Gasteiger partial charge in [0.05, 0.1) is 5.56 Å². The van der Waals surface area contributed by atoms with Crippen molar-refractivity contribution in [2.45, 2.75) is 31.7 Å². The van der Waals surface area contributed by atoms with Crippen LogP contribution in [0.25, 0.3) is 0 Å². The highest BCUT2D eigenvalue weighted by atomic mass is 19.1. The lowest BCUT2D eigenvalue weighted by atomic mass is 9.85. The fourth-order valence-corrected chi connectivity index (χ4v) is 2.58. The quantitative estimate of drug-likeness (QED) is 0.729. The topological polar surface area (TPSA) is 75.4 Å². The zero-order valence-electron chi connectivity index (χ0n) is 10.7. The van der Waals surface area contributed by atoms with Crippen LogP contribution in [0.1, 0.15) is 36.0 Å². The second-order valence-electron chi connectivity index (χ2n) is 5.05. The van der Waals surface area contributed by atoms with Gasteiger partial charge in [-0.05, 0) is 31.0 Å². The molecule has 0 saturated heterocycles. The van der Waals surface area contributed by atoms with Crippen LogP contribution in [0, 0.1) is 11.7 Å². The number of hydrogen-bond acceptors (Lipinski definition) is 3. The van der Waals surface area contributed by atoms with Crippen molar-refractivity contribution < 1.29 is 14.3 Å². The largest absolute Gasteiger partial charge is 0.399 e. The Hall–Kier alpha value is -1.62. The molecule has 1 fully saturated rings. The van der Waals surface area contributed by atoms with Crippen LogP contribution in [0.2, 0.25) is 0 Å². The van der Waals surface area contributed by atoms with Gasteiger partial charge in [-0.1, -0.05) is 12.8 Å². The highest BCUT2D eigenvalue weighted by molar-refractivity contribution is 5.95. The molecule has 1 aromatic rings. The number of carbonyl (C=O) groups excluding carboxylic acids is 1. The molecule has 0 bridgehead atoms. The molecular weight excluding hydrogens is 247 g/mol. The Bertz CT molecular complexity index is 465. The average molecular weight is 266 g/mol. The van der Waals surface area contributed by atoms with Crippen LogP contribution in [-0.2, 0) is 0 Å². The molecule has 0 aromatic heterocycles. The lowest BCUT2D eigenvalue weighted by molar-refractivity contribution is 0.0868. The Morgan fingerprint density at radius 1 is 1.42 bits per heavy atom. The number of carbonyl (C=O) groups is 1. The van der Waals surface area contributed by atoms with E-state index in [1.807, 2.05) is 0 Å². The van der Waals surface area contributed by atoms with Crippen molar-refractivity contribution in [3.63, 3.8) is 0 Å². The van der Waals surface area contributed by atoms with Gasteiger partial charge in [-0.25, -0.2) is 4.39 Å². The lowest BCUT2D eigenvalue weighted by Crippen LogP contribution is -2.43. The third kappa shape index (κ3) is 3.23. The molecule has 0 aliphatic heterocycles. The third-order valence-electron chi connectivity index (χ3n) is 3.70. The summed E-state index contributed by atoms with van der Waals surface area (Å²) in [6.07, 6.45) is 3.80. The molecule has 1 amide bonds. The minimum absolute atomic E-state index is 0.00327. The fraction of sp³-hybridized carbons (Fsp3) is 0.500. The van der Waals surface area contributed by atoms with Gasteiger partial charge in [0, 0.05) is 24.3 Å². The monoisotopic (exact) mass is 266 g/mol. The number of nitrogens with two attached hydrogens (primary N) is 1. The third-order valence-corrected chi connectivity index (χ3v) is 3.70. The van der Waals surface area contributed by atoms with E-state index in [2.05, 4.69) is 5.32 Å². The predicted molar refractivity (Wildman–Crippen MR) is 71.1 cm³/mol. The second-order valence-corrected chi connectivity index (χ2v) is 5.05. The number of nitrogens with one attached hydrogen (secondary N) is 1. The van der Waals surface area contributed by atoms with Crippen molar-refractivity contribution in [2.75, 3.05) is 12.3 Å². The van der Waals surface area contributed by atoms with E-state index in [0.717, 1.165) is 31.7 Å². The first-order valence-corrected chi connectivity index (χ1v) is 6.58. The number of anilines is 1. The van der Waals surface area contributed by atoms with Crippen LogP contribution in [0.5, 0.6) is 0 Å². The number of aliphatic hydroxyl groups is 1. The van der Waals surface area contributed by atoms with Crippen molar-refractivity contribution >= 4 is 11.6 Å². The van der Waals surface area contributed by atoms with Gasteiger partial charge >= 0.3 is 0 Å². The summed E-state index contributed by atoms with van der Waals surface area (Å²) in [6.45, 7) is 0.0508. The molecule has 1 aromatic carbocycles. The first kappa shape index (κ1) is 13.8. The second kappa shape index (κ2) is 6.02. The molecule has 1 aliphatic carbocycles. The number of benzene rings is 1. The SMILES string of the molecule is Nc1ccc(C(=O)NC2CCCCC2CO)c(F)c1. The van der Waals surface area contributed by atoms with Gasteiger partial charge in [0.1, 0.15) is 5.82 Å². The minimum atomic E-state index is -0.617. The molecule has 4 N–H and O–H groups in total. The van der Waals surface area contributed by atoms with Gasteiger partial charge in [0.15, 0.2) is 0 Å². The Morgan fingerprint density at radius 3 is 2.84 bits per heavy atom. The predicted octanol–water partition coefficient (Wildman–Crippen LogP) is 1.69. The Morgan fingerprint density at radius 2 is 2.16 bits per heavy atom. The van der Waals surface area contributed by atoms with Gasteiger partial charge < -0.3 is 16.2 Å². The normalized spacial score (nSPS) is 23.1. The summed E-state index contributed by atoms with van der Waals surface area (Å²) in [5.41, 5.74) is 5.74. The number of aliphatic hydroxyl groups excluding tert-OH is 1.